The lowest BCUT2D eigenvalue weighted by molar-refractivity contribution is 0.0947. The lowest BCUT2D eigenvalue weighted by atomic mass is 9.72. The predicted octanol–water partition coefficient (Wildman–Crippen LogP) is 6.18. The fourth-order valence-corrected chi connectivity index (χ4v) is 5.48. The second-order valence-electron chi connectivity index (χ2n) is 9.57. The number of carbonyl (C=O) groups is 1. The summed E-state index contributed by atoms with van der Waals surface area (Å²) in [6, 6.07) is 11.3. The largest absolute Gasteiger partial charge is 0.481 e. The number of nitrogens with zero attached hydrogens (tertiary/aromatic N) is 1. The summed E-state index contributed by atoms with van der Waals surface area (Å²) in [6.07, 6.45) is 11.6. The first-order valence-corrected chi connectivity index (χ1v) is 12.3. The summed E-state index contributed by atoms with van der Waals surface area (Å²) in [4.78, 5) is 19.3. The second kappa shape index (κ2) is 10.3. The third kappa shape index (κ3) is 5.60. The second-order valence-corrected chi connectivity index (χ2v) is 10.7. The fourth-order valence-electron chi connectivity index (χ4n) is 4.21. The van der Waals surface area contributed by atoms with Gasteiger partial charge in [-0.05, 0) is 78.1 Å². The number of thiophene rings is 1. The van der Waals surface area contributed by atoms with Crippen molar-refractivity contribution in [1.29, 1.82) is 0 Å². The van der Waals surface area contributed by atoms with E-state index in [0.29, 0.717) is 23.8 Å². The van der Waals surface area contributed by atoms with E-state index in [2.05, 4.69) is 32.0 Å². The van der Waals surface area contributed by atoms with E-state index >= 15 is 0 Å². The number of terminal acetylenes is 1. The van der Waals surface area contributed by atoms with Crippen molar-refractivity contribution in [1.82, 2.24) is 5.32 Å². The number of aliphatic imine (C=N–C) groups is 1. The number of furan rings is 1. The first kappa shape index (κ1) is 23.8. The van der Waals surface area contributed by atoms with Crippen LogP contribution in [-0.2, 0) is 19.4 Å². The molecule has 5 nitrogen and oxygen atoms in total. The molecule has 4 rings (SSSR count). The zero-order chi connectivity index (χ0) is 24.1. The number of carbonyl (C=O) groups excluding carboxylic acids is 1. The number of fused-ring (bicyclic) bond motifs is 1. The van der Waals surface area contributed by atoms with Crippen LogP contribution in [0.25, 0.3) is 0 Å². The number of rotatable bonds is 7. The Morgan fingerprint density at radius 2 is 2.12 bits per heavy atom. The summed E-state index contributed by atoms with van der Waals surface area (Å²) >= 11 is 1.64. The molecule has 0 saturated carbocycles. The van der Waals surface area contributed by atoms with Crippen molar-refractivity contribution in [2.75, 3.05) is 6.61 Å². The normalized spacial score (nSPS) is 15.6. The molecule has 1 N–H and O–H groups in total. The molecule has 0 fully saturated rings. The van der Waals surface area contributed by atoms with Crippen LogP contribution in [0.4, 0.5) is 5.00 Å². The molecule has 1 amide bonds. The van der Waals surface area contributed by atoms with E-state index in [-0.39, 0.29) is 17.9 Å². The first-order valence-electron chi connectivity index (χ1n) is 11.5. The molecule has 34 heavy (non-hydrogen) atoms. The number of hydrogen-bond donors (Lipinski definition) is 1. The van der Waals surface area contributed by atoms with Crippen LogP contribution in [0.1, 0.15) is 59.3 Å². The van der Waals surface area contributed by atoms with Crippen molar-refractivity contribution in [3.63, 3.8) is 0 Å². The zero-order valence-corrected chi connectivity index (χ0v) is 20.7. The average Bonchev–Trinajstić information content (AvgIpc) is 3.47. The van der Waals surface area contributed by atoms with Gasteiger partial charge in [0, 0.05) is 11.1 Å². The standard InChI is InChI=1S/C28H30N2O3S/c1-5-14-32-21-11-8-19(9-12-21)17-30-27-25(26(31)29-18-22-7-6-15-33-22)23-13-10-20(28(2,3)4)16-24(23)34-27/h1,6-9,11-12,15,17,20H,10,13-14,16,18H2,2-4H3,(H,29,31)/t20-/m1/s1. The summed E-state index contributed by atoms with van der Waals surface area (Å²) in [7, 11) is 0. The van der Waals surface area contributed by atoms with E-state index in [0.717, 1.165) is 41.2 Å². The maximum atomic E-state index is 13.3. The number of ether oxygens (including phenoxy) is 1. The molecule has 0 bridgehead atoms. The van der Waals surface area contributed by atoms with Gasteiger partial charge in [-0.2, -0.15) is 0 Å². The van der Waals surface area contributed by atoms with Crippen LogP contribution in [0.3, 0.4) is 0 Å². The average molecular weight is 475 g/mol. The van der Waals surface area contributed by atoms with Crippen molar-refractivity contribution in [2.45, 2.75) is 46.6 Å². The molecule has 0 unspecified atom stereocenters. The molecule has 1 atom stereocenters. The minimum atomic E-state index is -0.103. The highest BCUT2D eigenvalue weighted by molar-refractivity contribution is 7.16. The van der Waals surface area contributed by atoms with E-state index < -0.39 is 0 Å². The monoisotopic (exact) mass is 474 g/mol. The van der Waals surface area contributed by atoms with Gasteiger partial charge >= 0.3 is 0 Å². The van der Waals surface area contributed by atoms with E-state index in [1.807, 2.05) is 36.4 Å². The Morgan fingerprint density at radius 3 is 2.79 bits per heavy atom. The third-order valence-electron chi connectivity index (χ3n) is 6.23. The lowest BCUT2D eigenvalue weighted by Gasteiger charge is -2.33. The van der Waals surface area contributed by atoms with Gasteiger partial charge < -0.3 is 14.5 Å². The maximum absolute atomic E-state index is 13.3. The highest BCUT2D eigenvalue weighted by atomic mass is 32.1. The minimum Gasteiger partial charge on any atom is -0.481 e. The predicted molar refractivity (Wildman–Crippen MR) is 137 cm³/mol. The number of nitrogens with one attached hydrogen (secondary N) is 1. The van der Waals surface area contributed by atoms with Crippen LogP contribution in [-0.4, -0.2) is 18.7 Å². The Hall–Kier alpha value is -3.30. The van der Waals surface area contributed by atoms with E-state index in [1.165, 1.54) is 4.88 Å². The Balaban J connectivity index is 1.60. The number of benzene rings is 1. The maximum Gasteiger partial charge on any atom is 0.255 e. The van der Waals surface area contributed by atoms with Crippen LogP contribution in [0.15, 0.2) is 52.1 Å². The van der Waals surface area contributed by atoms with Gasteiger partial charge in [-0.3, -0.25) is 4.79 Å². The molecule has 2 heterocycles. The van der Waals surface area contributed by atoms with Crippen LogP contribution in [0, 0.1) is 23.7 Å². The van der Waals surface area contributed by atoms with Gasteiger partial charge in [0.05, 0.1) is 18.4 Å². The summed E-state index contributed by atoms with van der Waals surface area (Å²) in [6.45, 7) is 7.47. The molecule has 6 heteroatoms. The topological polar surface area (TPSA) is 63.8 Å². The minimum absolute atomic E-state index is 0.103. The van der Waals surface area contributed by atoms with E-state index in [9.17, 15) is 4.79 Å². The summed E-state index contributed by atoms with van der Waals surface area (Å²) in [5.74, 6) is 4.38. The van der Waals surface area contributed by atoms with Gasteiger partial charge in [0.1, 0.15) is 23.1 Å². The first-order chi connectivity index (χ1) is 16.3. The van der Waals surface area contributed by atoms with Crippen molar-refractivity contribution in [2.24, 2.45) is 16.3 Å². The summed E-state index contributed by atoms with van der Waals surface area (Å²) in [5, 5.41) is 3.77. The third-order valence-corrected chi connectivity index (χ3v) is 7.40. The lowest BCUT2D eigenvalue weighted by Crippen LogP contribution is -2.28. The van der Waals surface area contributed by atoms with Crippen molar-refractivity contribution in [3.05, 3.63) is 70.0 Å². The van der Waals surface area contributed by atoms with Gasteiger partial charge in [-0.25, -0.2) is 4.99 Å². The van der Waals surface area contributed by atoms with Gasteiger partial charge in [0.2, 0.25) is 0 Å². The van der Waals surface area contributed by atoms with Crippen LogP contribution >= 0.6 is 11.3 Å². The number of hydrogen-bond acceptors (Lipinski definition) is 5. The molecular weight excluding hydrogens is 444 g/mol. The molecule has 0 spiro atoms. The van der Waals surface area contributed by atoms with Crippen LogP contribution < -0.4 is 10.1 Å². The summed E-state index contributed by atoms with van der Waals surface area (Å²) in [5.41, 5.74) is 3.00. The molecule has 0 saturated heterocycles. The van der Waals surface area contributed by atoms with Gasteiger partial charge in [0.15, 0.2) is 0 Å². The van der Waals surface area contributed by atoms with Gasteiger partial charge in [-0.15, -0.1) is 17.8 Å². The molecule has 1 aliphatic carbocycles. The molecule has 1 aliphatic rings. The van der Waals surface area contributed by atoms with Crippen molar-refractivity contribution in [3.8, 4) is 18.1 Å². The van der Waals surface area contributed by atoms with Gasteiger partial charge in [0.25, 0.3) is 5.91 Å². The molecule has 0 radical (unpaired) electrons. The molecular formula is C28H30N2O3S. The highest BCUT2D eigenvalue weighted by Crippen LogP contribution is 2.45. The smallest absolute Gasteiger partial charge is 0.255 e. The molecule has 2 aromatic heterocycles. The van der Waals surface area contributed by atoms with Crippen molar-refractivity contribution < 1.29 is 13.9 Å². The summed E-state index contributed by atoms with van der Waals surface area (Å²) < 4.78 is 10.8. The molecule has 0 aliphatic heterocycles. The van der Waals surface area contributed by atoms with E-state index in [4.69, 9.17) is 20.6 Å². The Morgan fingerprint density at radius 1 is 1.32 bits per heavy atom. The Kier molecular flexibility index (Phi) is 7.23. The highest BCUT2D eigenvalue weighted by Gasteiger charge is 2.33. The molecule has 1 aromatic carbocycles. The van der Waals surface area contributed by atoms with Crippen LogP contribution in [0.5, 0.6) is 5.75 Å². The fraction of sp³-hybridized carbons (Fsp3) is 0.357. The van der Waals surface area contributed by atoms with Gasteiger partial charge in [-0.1, -0.05) is 26.7 Å². The Bertz CT molecular complexity index is 1190. The number of amides is 1. The van der Waals surface area contributed by atoms with Crippen LogP contribution in [0.2, 0.25) is 0 Å². The van der Waals surface area contributed by atoms with Crippen molar-refractivity contribution >= 4 is 28.5 Å². The van der Waals surface area contributed by atoms with E-state index in [1.54, 1.807) is 23.8 Å². The molecule has 3 aromatic rings. The Labute approximate surface area is 205 Å². The quantitative estimate of drug-likeness (QED) is 0.328. The molecule has 176 valence electrons. The zero-order valence-electron chi connectivity index (χ0n) is 19.9. The SMILES string of the molecule is C#CCOc1ccc(C=Nc2sc3c(c2C(=O)NCc2ccco2)CC[C@@H](C(C)(C)C)C3)cc1.